The summed E-state index contributed by atoms with van der Waals surface area (Å²) in [5.41, 5.74) is 3.52. The zero-order chi connectivity index (χ0) is 9.80. The van der Waals surface area contributed by atoms with Gasteiger partial charge in [0.05, 0.1) is 5.71 Å². The molecule has 0 saturated carbocycles. The van der Waals surface area contributed by atoms with Gasteiger partial charge in [-0.2, -0.15) is 0 Å². The van der Waals surface area contributed by atoms with Gasteiger partial charge in [-0.05, 0) is 12.5 Å². The molecular formula is C12H12N2. The fourth-order valence-corrected chi connectivity index (χ4v) is 1.35. The predicted octanol–water partition coefficient (Wildman–Crippen LogP) is 2.73. The molecule has 0 unspecified atom stereocenters. The van der Waals surface area contributed by atoms with E-state index in [-0.39, 0.29) is 0 Å². The minimum absolute atomic E-state index is 0.802. The van der Waals surface area contributed by atoms with Crippen LogP contribution in [0.15, 0.2) is 46.7 Å². The van der Waals surface area contributed by atoms with E-state index in [0.29, 0.717) is 0 Å². The zero-order valence-electron chi connectivity index (χ0n) is 8.14. The number of hydrogen-bond acceptors (Lipinski definition) is 2. The Bertz CT molecular complexity index is 397. The third kappa shape index (κ3) is 1.96. The van der Waals surface area contributed by atoms with Gasteiger partial charge in [-0.15, -0.1) is 0 Å². The van der Waals surface area contributed by atoms with E-state index in [2.05, 4.69) is 41.2 Å². The number of aliphatic imine (C=N–C) groups is 2. The van der Waals surface area contributed by atoms with Crippen LogP contribution in [0.5, 0.6) is 0 Å². The summed E-state index contributed by atoms with van der Waals surface area (Å²) >= 11 is 0. The predicted molar refractivity (Wildman–Crippen MR) is 60.0 cm³/mol. The molecule has 1 aliphatic rings. The quantitative estimate of drug-likeness (QED) is 0.641. The van der Waals surface area contributed by atoms with Gasteiger partial charge in [-0.1, -0.05) is 29.8 Å². The molecule has 2 heteroatoms. The molecule has 0 radical (unpaired) electrons. The smallest absolute Gasteiger partial charge is 0.0529 e. The SMILES string of the molecule is Cc1ccc(C2=NC=CN=CC2)cc1. The van der Waals surface area contributed by atoms with Crippen molar-refractivity contribution < 1.29 is 0 Å². The molecule has 0 amide bonds. The van der Waals surface area contributed by atoms with Gasteiger partial charge in [0.1, 0.15) is 0 Å². The molecule has 0 atom stereocenters. The Kier molecular flexibility index (Phi) is 2.54. The summed E-state index contributed by atoms with van der Waals surface area (Å²) in [5, 5.41) is 0. The molecule has 0 aliphatic carbocycles. The Morgan fingerprint density at radius 1 is 1.07 bits per heavy atom. The van der Waals surface area contributed by atoms with Crippen LogP contribution in [0.3, 0.4) is 0 Å². The Hall–Kier alpha value is -1.70. The Balaban J connectivity index is 2.31. The lowest BCUT2D eigenvalue weighted by atomic mass is 10.1. The van der Waals surface area contributed by atoms with Crippen LogP contribution in [0, 0.1) is 6.92 Å². The van der Waals surface area contributed by atoms with Crippen molar-refractivity contribution in [3.63, 3.8) is 0 Å². The van der Waals surface area contributed by atoms with Crippen molar-refractivity contribution in [3.8, 4) is 0 Å². The summed E-state index contributed by atoms with van der Waals surface area (Å²) in [5.74, 6) is 0. The second-order valence-electron chi connectivity index (χ2n) is 3.28. The van der Waals surface area contributed by atoms with E-state index < -0.39 is 0 Å². The summed E-state index contributed by atoms with van der Waals surface area (Å²) in [6.07, 6.45) is 6.12. The molecule has 0 spiro atoms. The lowest BCUT2D eigenvalue weighted by Crippen LogP contribution is -2.00. The molecule has 1 aromatic rings. The first-order chi connectivity index (χ1) is 6.86. The monoisotopic (exact) mass is 184 g/mol. The second-order valence-corrected chi connectivity index (χ2v) is 3.28. The molecule has 1 heterocycles. The van der Waals surface area contributed by atoms with Crippen molar-refractivity contribution in [1.29, 1.82) is 0 Å². The van der Waals surface area contributed by atoms with E-state index in [9.17, 15) is 0 Å². The highest BCUT2D eigenvalue weighted by Crippen LogP contribution is 2.08. The minimum Gasteiger partial charge on any atom is -0.267 e. The topological polar surface area (TPSA) is 24.7 Å². The van der Waals surface area contributed by atoms with Gasteiger partial charge < -0.3 is 0 Å². The highest BCUT2D eigenvalue weighted by molar-refractivity contribution is 6.07. The summed E-state index contributed by atoms with van der Waals surface area (Å²) in [6.45, 7) is 2.08. The van der Waals surface area contributed by atoms with Crippen molar-refractivity contribution >= 4 is 11.9 Å². The first kappa shape index (κ1) is 8.88. The Labute approximate surface area is 83.7 Å². The molecule has 1 aliphatic heterocycles. The Morgan fingerprint density at radius 2 is 1.86 bits per heavy atom. The first-order valence-electron chi connectivity index (χ1n) is 4.66. The molecule has 70 valence electrons. The summed E-state index contributed by atoms with van der Waals surface area (Å²) in [4.78, 5) is 8.38. The normalized spacial score (nSPS) is 15.1. The van der Waals surface area contributed by atoms with Gasteiger partial charge >= 0.3 is 0 Å². The van der Waals surface area contributed by atoms with Crippen LogP contribution in [0.25, 0.3) is 0 Å². The highest BCUT2D eigenvalue weighted by atomic mass is 14.8. The van der Waals surface area contributed by atoms with Gasteiger partial charge in [0.25, 0.3) is 0 Å². The maximum Gasteiger partial charge on any atom is 0.0529 e. The number of benzene rings is 1. The summed E-state index contributed by atoms with van der Waals surface area (Å²) in [6, 6.07) is 8.40. The number of hydrogen-bond donors (Lipinski definition) is 0. The number of rotatable bonds is 1. The molecule has 2 nitrogen and oxygen atoms in total. The molecule has 1 aromatic carbocycles. The van der Waals surface area contributed by atoms with E-state index in [0.717, 1.165) is 12.1 Å². The molecular weight excluding hydrogens is 172 g/mol. The van der Waals surface area contributed by atoms with Gasteiger partial charge in [0, 0.05) is 25.0 Å². The average Bonchev–Trinajstić information content (AvgIpc) is 2.47. The molecule has 14 heavy (non-hydrogen) atoms. The molecule has 2 rings (SSSR count). The summed E-state index contributed by atoms with van der Waals surface area (Å²) < 4.78 is 0. The number of nitrogens with zero attached hydrogens (tertiary/aromatic N) is 2. The maximum atomic E-state index is 4.33. The van der Waals surface area contributed by atoms with E-state index in [1.807, 2.05) is 6.21 Å². The van der Waals surface area contributed by atoms with Gasteiger partial charge in [0.2, 0.25) is 0 Å². The maximum absolute atomic E-state index is 4.33. The van der Waals surface area contributed by atoms with E-state index in [1.54, 1.807) is 12.4 Å². The largest absolute Gasteiger partial charge is 0.267 e. The molecule has 0 saturated heterocycles. The standard InChI is InChI=1S/C12H12N2/c1-10-2-4-11(5-3-10)12-6-7-13-8-9-14-12/h2-5,7-9H,6H2,1H3. The van der Waals surface area contributed by atoms with Crippen molar-refractivity contribution in [3.05, 3.63) is 47.8 Å². The van der Waals surface area contributed by atoms with Crippen LogP contribution in [0.2, 0.25) is 0 Å². The lowest BCUT2D eigenvalue weighted by molar-refractivity contribution is 1.42. The van der Waals surface area contributed by atoms with Gasteiger partial charge in [0.15, 0.2) is 0 Å². The van der Waals surface area contributed by atoms with Crippen molar-refractivity contribution in [2.75, 3.05) is 0 Å². The Morgan fingerprint density at radius 3 is 2.64 bits per heavy atom. The number of aryl methyl sites for hydroxylation is 1. The molecule has 0 aromatic heterocycles. The lowest BCUT2D eigenvalue weighted by Gasteiger charge is -2.02. The van der Waals surface area contributed by atoms with Crippen molar-refractivity contribution in [2.45, 2.75) is 13.3 Å². The van der Waals surface area contributed by atoms with Crippen LogP contribution in [-0.2, 0) is 0 Å². The van der Waals surface area contributed by atoms with E-state index in [4.69, 9.17) is 0 Å². The third-order valence-electron chi connectivity index (χ3n) is 2.16. The molecule has 0 N–H and O–H groups in total. The van der Waals surface area contributed by atoms with E-state index >= 15 is 0 Å². The summed E-state index contributed by atoms with van der Waals surface area (Å²) in [7, 11) is 0. The molecule has 0 fully saturated rings. The minimum atomic E-state index is 0.802. The van der Waals surface area contributed by atoms with Crippen LogP contribution in [0.1, 0.15) is 17.5 Å². The second kappa shape index (κ2) is 4.01. The van der Waals surface area contributed by atoms with Crippen molar-refractivity contribution in [1.82, 2.24) is 0 Å². The first-order valence-corrected chi connectivity index (χ1v) is 4.66. The van der Waals surface area contributed by atoms with Gasteiger partial charge in [-0.3, -0.25) is 9.98 Å². The zero-order valence-corrected chi connectivity index (χ0v) is 8.14. The third-order valence-corrected chi connectivity index (χ3v) is 2.16. The van der Waals surface area contributed by atoms with Crippen molar-refractivity contribution in [2.24, 2.45) is 9.98 Å². The van der Waals surface area contributed by atoms with Gasteiger partial charge in [-0.25, -0.2) is 0 Å². The van der Waals surface area contributed by atoms with Crippen LogP contribution >= 0.6 is 0 Å². The van der Waals surface area contributed by atoms with Crippen LogP contribution in [-0.4, -0.2) is 11.9 Å². The van der Waals surface area contributed by atoms with E-state index in [1.165, 1.54) is 11.1 Å². The van der Waals surface area contributed by atoms with Crippen LogP contribution < -0.4 is 0 Å². The highest BCUT2D eigenvalue weighted by Gasteiger charge is 2.01. The fourth-order valence-electron chi connectivity index (χ4n) is 1.35. The average molecular weight is 184 g/mol. The fraction of sp³-hybridized carbons (Fsp3) is 0.167. The van der Waals surface area contributed by atoms with Crippen LogP contribution in [0.4, 0.5) is 0 Å². The molecule has 0 bridgehead atoms.